The number of aromatic amines is 1. The van der Waals surface area contributed by atoms with Crippen molar-refractivity contribution in [1.82, 2.24) is 9.97 Å². The SMILES string of the molecule is CCc1cc2nc(C(C)C)sc2[nH]c1=O. The number of fused-ring (bicyclic) bond motifs is 1. The summed E-state index contributed by atoms with van der Waals surface area (Å²) in [6.07, 6.45) is 0.750. The molecule has 2 heterocycles. The normalized spacial score (nSPS) is 11.5. The summed E-state index contributed by atoms with van der Waals surface area (Å²) in [4.78, 5) is 19.9. The van der Waals surface area contributed by atoms with Crippen LogP contribution in [0.25, 0.3) is 10.3 Å². The fourth-order valence-corrected chi connectivity index (χ4v) is 2.40. The highest BCUT2D eigenvalue weighted by molar-refractivity contribution is 7.18. The third-order valence-electron chi connectivity index (χ3n) is 2.37. The van der Waals surface area contributed by atoms with Crippen LogP contribution in [0.15, 0.2) is 10.9 Å². The molecule has 2 aromatic heterocycles. The first kappa shape index (κ1) is 10.4. The maximum atomic E-state index is 11.6. The van der Waals surface area contributed by atoms with Crippen LogP contribution in [0, 0.1) is 0 Å². The fraction of sp³-hybridized carbons (Fsp3) is 0.455. The molecule has 2 rings (SSSR count). The van der Waals surface area contributed by atoms with E-state index in [1.54, 1.807) is 11.3 Å². The van der Waals surface area contributed by atoms with Crippen LogP contribution in [-0.4, -0.2) is 9.97 Å². The Morgan fingerprint density at radius 3 is 2.87 bits per heavy atom. The van der Waals surface area contributed by atoms with Crippen molar-refractivity contribution >= 4 is 21.7 Å². The molecule has 0 amide bonds. The van der Waals surface area contributed by atoms with Crippen LogP contribution in [0.5, 0.6) is 0 Å². The van der Waals surface area contributed by atoms with E-state index >= 15 is 0 Å². The summed E-state index contributed by atoms with van der Waals surface area (Å²) >= 11 is 1.57. The second-order valence-electron chi connectivity index (χ2n) is 3.90. The van der Waals surface area contributed by atoms with Crippen LogP contribution in [0.1, 0.15) is 37.3 Å². The number of aromatic nitrogens is 2. The Morgan fingerprint density at radius 2 is 2.27 bits per heavy atom. The van der Waals surface area contributed by atoms with Gasteiger partial charge in [-0.25, -0.2) is 4.98 Å². The van der Waals surface area contributed by atoms with Gasteiger partial charge in [-0.2, -0.15) is 0 Å². The topological polar surface area (TPSA) is 45.8 Å². The molecule has 15 heavy (non-hydrogen) atoms. The molecule has 4 heteroatoms. The van der Waals surface area contributed by atoms with Gasteiger partial charge in [0.2, 0.25) is 0 Å². The van der Waals surface area contributed by atoms with Gasteiger partial charge in [0.15, 0.2) is 0 Å². The molecule has 3 nitrogen and oxygen atoms in total. The number of aryl methyl sites for hydroxylation is 1. The van der Waals surface area contributed by atoms with Gasteiger partial charge in [-0.05, 0) is 12.5 Å². The minimum absolute atomic E-state index is 0.0176. The van der Waals surface area contributed by atoms with Gasteiger partial charge in [-0.1, -0.05) is 20.8 Å². The molecule has 0 unspecified atom stereocenters. The maximum absolute atomic E-state index is 11.6. The summed E-state index contributed by atoms with van der Waals surface area (Å²) in [5.41, 5.74) is 1.74. The number of nitrogens with one attached hydrogen (secondary N) is 1. The van der Waals surface area contributed by atoms with Crippen molar-refractivity contribution in [2.75, 3.05) is 0 Å². The predicted octanol–water partition coefficient (Wildman–Crippen LogP) is 2.67. The maximum Gasteiger partial charge on any atom is 0.252 e. The molecule has 1 N–H and O–H groups in total. The van der Waals surface area contributed by atoms with Crippen molar-refractivity contribution in [2.45, 2.75) is 33.1 Å². The lowest BCUT2D eigenvalue weighted by Crippen LogP contribution is -2.10. The summed E-state index contributed by atoms with van der Waals surface area (Å²) in [6.45, 7) is 6.19. The van der Waals surface area contributed by atoms with E-state index in [-0.39, 0.29) is 5.56 Å². The van der Waals surface area contributed by atoms with E-state index in [1.165, 1.54) is 0 Å². The second kappa shape index (κ2) is 3.77. The molecule has 0 aliphatic rings. The number of hydrogen-bond acceptors (Lipinski definition) is 3. The molecular weight excluding hydrogens is 208 g/mol. The monoisotopic (exact) mass is 222 g/mol. The van der Waals surface area contributed by atoms with E-state index in [0.717, 1.165) is 27.3 Å². The Balaban J connectivity index is 2.66. The van der Waals surface area contributed by atoms with Gasteiger partial charge in [0.1, 0.15) is 4.83 Å². The van der Waals surface area contributed by atoms with Crippen LogP contribution in [0.2, 0.25) is 0 Å². The first-order valence-electron chi connectivity index (χ1n) is 5.14. The van der Waals surface area contributed by atoms with Crippen molar-refractivity contribution in [1.29, 1.82) is 0 Å². The van der Waals surface area contributed by atoms with E-state index in [0.29, 0.717) is 5.92 Å². The first-order valence-corrected chi connectivity index (χ1v) is 5.96. The van der Waals surface area contributed by atoms with Gasteiger partial charge >= 0.3 is 0 Å². The molecule has 80 valence electrons. The molecule has 0 atom stereocenters. The Hall–Kier alpha value is -1.16. The average Bonchev–Trinajstić information content (AvgIpc) is 2.59. The molecule has 0 radical (unpaired) electrons. The number of hydrogen-bond donors (Lipinski definition) is 1. The molecule has 2 aromatic rings. The van der Waals surface area contributed by atoms with Crippen LogP contribution < -0.4 is 5.56 Å². The summed E-state index contributed by atoms with van der Waals surface area (Å²) < 4.78 is 0. The summed E-state index contributed by atoms with van der Waals surface area (Å²) in [6, 6.07) is 1.90. The van der Waals surface area contributed by atoms with Crippen molar-refractivity contribution < 1.29 is 0 Å². The van der Waals surface area contributed by atoms with Gasteiger partial charge in [-0.15, -0.1) is 11.3 Å². The van der Waals surface area contributed by atoms with Crippen LogP contribution in [0.4, 0.5) is 0 Å². The second-order valence-corrected chi connectivity index (χ2v) is 4.93. The number of pyridine rings is 1. The quantitative estimate of drug-likeness (QED) is 0.849. The first-order chi connectivity index (χ1) is 7.11. The average molecular weight is 222 g/mol. The lowest BCUT2D eigenvalue weighted by atomic mass is 10.2. The molecule has 0 aliphatic carbocycles. The Bertz CT molecular complexity index is 539. The van der Waals surface area contributed by atoms with Crippen molar-refractivity contribution in [3.05, 3.63) is 27.0 Å². The number of H-pyrrole nitrogens is 1. The van der Waals surface area contributed by atoms with E-state index < -0.39 is 0 Å². The van der Waals surface area contributed by atoms with E-state index in [1.807, 2.05) is 13.0 Å². The molecule has 0 saturated carbocycles. The van der Waals surface area contributed by atoms with Crippen LogP contribution in [0.3, 0.4) is 0 Å². The summed E-state index contributed by atoms with van der Waals surface area (Å²) in [5.74, 6) is 0.413. The highest BCUT2D eigenvalue weighted by Crippen LogP contribution is 2.25. The predicted molar refractivity (Wildman–Crippen MR) is 63.7 cm³/mol. The van der Waals surface area contributed by atoms with Gasteiger partial charge in [0.05, 0.1) is 10.5 Å². The zero-order valence-electron chi connectivity index (χ0n) is 9.13. The van der Waals surface area contributed by atoms with Gasteiger partial charge in [-0.3, -0.25) is 4.79 Å². The minimum atomic E-state index is 0.0176. The van der Waals surface area contributed by atoms with E-state index in [9.17, 15) is 4.79 Å². The van der Waals surface area contributed by atoms with Gasteiger partial charge in [0, 0.05) is 11.5 Å². The molecule has 0 spiro atoms. The third kappa shape index (κ3) is 1.81. The van der Waals surface area contributed by atoms with Crippen LogP contribution in [-0.2, 0) is 6.42 Å². The molecular formula is C11H14N2OS. The largest absolute Gasteiger partial charge is 0.312 e. The Labute approximate surface area is 92.2 Å². The molecule has 0 bridgehead atoms. The highest BCUT2D eigenvalue weighted by atomic mass is 32.1. The van der Waals surface area contributed by atoms with E-state index in [4.69, 9.17) is 0 Å². The minimum Gasteiger partial charge on any atom is -0.312 e. The summed E-state index contributed by atoms with van der Waals surface area (Å²) in [7, 11) is 0. The summed E-state index contributed by atoms with van der Waals surface area (Å²) in [5, 5.41) is 1.08. The molecule has 0 aliphatic heterocycles. The highest BCUT2D eigenvalue weighted by Gasteiger charge is 2.09. The third-order valence-corrected chi connectivity index (χ3v) is 3.66. The van der Waals surface area contributed by atoms with Gasteiger partial charge < -0.3 is 4.98 Å². The molecule has 0 saturated heterocycles. The van der Waals surface area contributed by atoms with Gasteiger partial charge in [0.25, 0.3) is 5.56 Å². The smallest absolute Gasteiger partial charge is 0.252 e. The van der Waals surface area contributed by atoms with Crippen molar-refractivity contribution in [3.8, 4) is 0 Å². The lowest BCUT2D eigenvalue weighted by molar-refractivity contribution is 0.856. The van der Waals surface area contributed by atoms with E-state index in [2.05, 4.69) is 23.8 Å². The Kier molecular flexibility index (Phi) is 2.61. The number of nitrogens with zero attached hydrogens (tertiary/aromatic N) is 1. The van der Waals surface area contributed by atoms with Crippen LogP contribution >= 0.6 is 11.3 Å². The zero-order valence-corrected chi connectivity index (χ0v) is 9.94. The van der Waals surface area contributed by atoms with Crippen molar-refractivity contribution in [3.63, 3.8) is 0 Å². The standard InChI is InChI=1S/C11H14N2OS/c1-4-7-5-8-11(13-9(7)14)15-10(12-8)6(2)3/h5-6H,4H2,1-3H3,(H,13,14). The molecule has 0 aromatic carbocycles. The lowest BCUT2D eigenvalue weighted by Gasteiger charge is -1.94. The Morgan fingerprint density at radius 1 is 1.53 bits per heavy atom. The molecule has 0 fully saturated rings. The number of thiazole rings is 1. The fourth-order valence-electron chi connectivity index (χ4n) is 1.46. The zero-order chi connectivity index (χ0) is 11.0. The van der Waals surface area contributed by atoms with Crippen molar-refractivity contribution in [2.24, 2.45) is 0 Å². The number of rotatable bonds is 2.